The molecule has 1 unspecified atom stereocenters. The van der Waals surface area contributed by atoms with Crippen LogP contribution in [-0.4, -0.2) is 26.4 Å². The van der Waals surface area contributed by atoms with Crippen molar-refractivity contribution in [3.63, 3.8) is 0 Å². The van der Waals surface area contributed by atoms with Crippen molar-refractivity contribution >= 4 is 0 Å². The first-order valence-electron chi connectivity index (χ1n) is 6.13. The first-order chi connectivity index (χ1) is 8.99. The molecule has 19 heavy (non-hydrogen) atoms. The molecule has 0 bridgehead atoms. The molecule has 1 aliphatic rings. The molecule has 6 heteroatoms. The molecule has 0 aromatic heterocycles. The van der Waals surface area contributed by atoms with Crippen molar-refractivity contribution in [2.24, 2.45) is 0 Å². The minimum atomic E-state index is -4.12. The Morgan fingerprint density at radius 2 is 2.21 bits per heavy atom. The van der Waals surface area contributed by atoms with Gasteiger partial charge in [0.05, 0.1) is 12.6 Å². The molecule has 0 radical (unpaired) electrons. The number of ether oxygens (including phenoxy) is 2. The van der Waals surface area contributed by atoms with Gasteiger partial charge < -0.3 is 14.8 Å². The van der Waals surface area contributed by atoms with E-state index in [1.54, 1.807) is 12.1 Å². The zero-order chi connectivity index (χ0) is 13.9. The van der Waals surface area contributed by atoms with Gasteiger partial charge in [-0.15, -0.1) is 0 Å². The number of benzene rings is 1. The lowest BCUT2D eigenvalue weighted by Gasteiger charge is -2.10. The summed E-state index contributed by atoms with van der Waals surface area (Å²) in [5.74, 6) is 1.27. The summed E-state index contributed by atoms with van der Waals surface area (Å²) in [5, 5.41) is 3.12. The molecule has 0 spiro atoms. The summed E-state index contributed by atoms with van der Waals surface area (Å²) >= 11 is 0. The molecule has 0 aliphatic carbocycles. The Morgan fingerprint density at radius 3 is 2.89 bits per heavy atom. The molecule has 1 atom stereocenters. The zero-order valence-electron chi connectivity index (χ0n) is 10.6. The standard InChI is InChI=1S/C13H16F3NO2/c1-17-11-8-19-12-7-9(3-4-10(11)12)18-6-2-5-13(14,15)16/h3-4,7,11,17H,2,5-6,8H2,1H3. The fourth-order valence-corrected chi connectivity index (χ4v) is 1.98. The highest BCUT2D eigenvalue weighted by molar-refractivity contribution is 5.44. The van der Waals surface area contributed by atoms with Gasteiger partial charge in [0.2, 0.25) is 0 Å². The number of likely N-dealkylation sites (N-methyl/N-ethyl adjacent to an activating group) is 1. The van der Waals surface area contributed by atoms with E-state index in [9.17, 15) is 13.2 Å². The Hall–Kier alpha value is -1.43. The number of hydrogen-bond donors (Lipinski definition) is 1. The van der Waals surface area contributed by atoms with Crippen molar-refractivity contribution in [1.82, 2.24) is 5.32 Å². The second-order valence-electron chi connectivity index (χ2n) is 4.42. The Balaban J connectivity index is 1.86. The highest BCUT2D eigenvalue weighted by atomic mass is 19.4. The predicted octanol–water partition coefficient (Wildman–Crippen LogP) is 3.06. The Morgan fingerprint density at radius 1 is 1.42 bits per heavy atom. The van der Waals surface area contributed by atoms with E-state index in [2.05, 4.69) is 5.32 Å². The summed E-state index contributed by atoms with van der Waals surface area (Å²) in [5.41, 5.74) is 1.05. The summed E-state index contributed by atoms with van der Waals surface area (Å²) in [6.07, 6.45) is -4.98. The van der Waals surface area contributed by atoms with Crippen LogP contribution in [-0.2, 0) is 0 Å². The SMILES string of the molecule is CNC1COc2cc(OCCCC(F)(F)F)ccc21. The Kier molecular flexibility index (Phi) is 4.19. The third-order valence-corrected chi connectivity index (χ3v) is 2.99. The molecule has 0 saturated carbocycles. The summed E-state index contributed by atoms with van der Waals surface area (Å²) in [6.45, 7) is 0.608. The van der Waals surface area contributed by atoms with Gasteiger partial charge in [-0.1, -0.05) is 0 Å². The third kappa shape index (κ3) is 3.76. The second kappa shape index (κ2) is 5.69. The van der Waals surface area contributed by atoms with Crippen molar-refractivity contribution in [2.75, 3.05) is 20.3 Å². The van der Waals surface area contributed by atoms with Crippen LogP contribution in [0.1, 0.15) is 24.4 Å². The van der Waals surface area contributed by atoms with Crippen LogP contribution in [0.4, 0.5) is 13.2 Å². The second-order valence-corrected chi connectivity index (χ2v) is 4.42. The molecule has 3 nitrogen and oxygen atoms in total. The summed E-state index contributed by atoms with van der Waals surface area (Å²) in [6, 6.07) is 5.52. The van der Waals surface area contributed by atoms with Crippen LogP contribution in [0.2, 0.25) is 0 Å². The first kappa shape index (κ1) is 14.0. The van der Waals surface area contributed by atoms with Crippen LogP contribution in [0.5, 0.6) is 11.5 Å². The number of hydrogen-bond acceptors (Lipinski definition) is 3. The number of alkyl halides is 3. The number of halogens is 3. The highest BCUT2D eigenvalue weighted by Gasteiger charge is 2.26. The van der Waals surface area contributed by atoms with E-state index in [0.717, 1.165) is 11.3 Å². The Labute approximate surface area is 109 Å². The third-order valence-electron chi connectivity index (χ3n) is 2.99. The number of nitrogens with one attached hydrogen (secondary N) is 1. The molecule has 1 aromatic carbocycles. The van der Waals surface area contributed by atoms with E-state index in [1.807, 2.05) is 13.1 Å². The number of fused-ring (bicyclic) bond motifs is 1. The highest BCUT2D eigenvalue weighted by Crippen LogP contribution is 2.35. The van der Waals surface area contributed by atoms with E-state index in [-0.39, 0.29) is 19.1 Å². The molecule has 1 aliphatic heterocycles. The minimum Gasteiger partial charge on any atom is -0.493 e. The van der Waals surface area contributed by atoms with E-state index in [1.165, 1.54) is 0 Å². The van der Waals surface area contributed by atoms with E-state index >= 15 is 0 Å². The fourth-order valence-electron chi connectivity index (χ4n) is 1.98. The van der Waals surface area contributed by atoms with Gasteiger partial charge in [-0.3, -0.25) is 0 Å². The lowest BCUT2D eigenvalue weighted by Crippen LogP contribution is -2.17. The molecule has 106 valence electrons. The van der Waals surface area contributed by atoms with Gasteiger partial charge in [0.1, 0.15) is 18.1 Å². The first-order valence-corrected chi connectivity index (χ1v) is 6.13. The van der Waals surface area contributed by atoms with E-state index < -0.39 is 12.6 Å². The maximum absolute atomic E-state index is 12.0. The van der Waals surface area contributed by atoms with Crippen LogP contribution < -0.4 is 14.8 Å². The lowest BCUT2D eigenvalue weighted by molar-refractivity contribution is -0.136. The van der Waals surface area contributed by atoms with Crippen LogP contribution in [0.3, 0.4) is 0 Å². The molecule has 1 aromatic rings. The molecule has 0 amide bonds. The normalized spacial score (nSPS) is 18.0. The molecule has 1 N–H and O–H groups in total. The van der Waals surface area contributed by atoms with Gasteiger partial charge >= 0.3 is 6.18 Å². The average molecular weight is 275 g/mol. The van der Waals surface area contributed by atoms with Crippen molar-refractivity contribution < 1.29 is 22.6 Å². The van der Waals surface area contributed by atoms with Gasteiger partial charge in [0, 0.05) is 18.1 Å². The van der Waals surface area contributed by atoms with Crippen molar-refractivity contribution in [1.29, 1.82) is 0 Å². The molecular formula is C13H16F3NO2. The van der Waals surface area contributed by atoms with Gasteiger partial charge in [-0.2, -0.15) is 13.2 Å². The Bertz CT molecular complexity index is 434. The molecule has 2 rings (SSSR count). The van der Waals surface area contributed by atoms with E-state index in [0.29, 0.717) is 12.4 Å². The maximum atomic E-state index is 12.0. The molecular weight excluding hydrogens is 259 g/mol. The van der Waals surface area contributed by atoms with Crippen molar-refractivity contribution in [3.05, 3.63) is 23.8 Å². The van der Waals surface area contributed by atoms with Crippen molar-refractivity contribution in [2.45, 2.75) is 25.1 Å². The van der Waals surface area contributed by atoms with Crippen LogP contribution in [0.15, 0.2) is 18.2 Å². The largest absolute Gasteiger partial charge is 0.493 e. The summed E-state index contributed by atoms with van der Waals surface area (Å²) in [4.78, 5) is 0. The molecule has 0 saturated heterocycles. The average Bonchev–Trinajstić information content (AvgIpc) is 2.75. The van der Waals surface area contributed by atoms with E-state index in [4.69, 9.17) is 9.47 Å². The summed E-state index contributed by atoms with van der Waals surface area (Å²) in [7, 11) is 1.85. The van der Waals surface area contributed by atoms with Crippen molar-refractivity contribution in [3.8, 4) is 11.5 Å². The molecule has 0 fully saturated rings. The maximum Gasteiger partial charge on any atom is 0.389 e. The fraction of sp³-hybridized carbons (Fsp3) is 0.538. The van der Waals surface area contributed by atoms with Gasteiger partial charge in [0.25, 0.3) is 0 Å². The minimum absolute atomic E-state index is 0.0411. The van der Waals surface area contributed by atoms with Crippen LogP contribution in [0.25, 0.3) is 0 Å². The monoisotopic (exact) mass is 275 g/mol. The molecule has 1 heterocycles. The lowest BCUT2D eigenvalue weighted by atomic mass is 10.1. The summed E-state index contributed by atoms with van der Waals surface area (Å²) < 4.78 is 46.7. The van der Waals surface area contributed by atoms with Gasteiger partial charge in [-0.25, -0.2) is 0 Å². The van der Waals surface area contributed by atoms with Gasteiger partial charge in [-0.05, 0) is 25.6 Å². The quantitative estimate of drug-likeness (QED) is 0.838. The van der Waals surface area contributed by atoms with Crippen LogP contribution in [0, 0.1) is 0 Å². The zero-order valence-corrected chi connectivity index (χ0v) is 10.6. The topological polar surface area (TPSA) is 30.5 Å². The van der Waals surface area contributed by atoms with Gasteiger partial charge in [0.15, 0.2) is 0 Å². The smallest absolute Gasteiger partial charge is 0.389 e. The van der Waals surface area contributed by atoms with Crippen LogP contribution >= 0.6 is 0 Å². The number of rotatable bonds is 5. The predicted molar refractivity (Wildman–Crippen MR) is 64.5 cm³/mol.